The fraction of sp³-hybridized carbons (Fsp3) is 0.241. The second kappa shape index (κ2) is 15.6. The predicted octanol–water partition coefficient (Wildman–Crippen LogP) is 5.76. The van der Waals surface area contributed by atoms with Crippen molar-refractivity contribution < 1.29 is 41.8 Å². The second-order valence-electron chi connectivity index (χ2n) is 8.67. The van der Waals surface area contributed by atoms with Crippen molar-refractivity contribution in [3.8, 4) is 17.2 Å². The van der Waals surface area contributed by atoms with E-state index in [9.17, 15) is 27.6 Å². The third-order valence-electron chi connectivity index (χ3n) is 5.36. The molecule has 0 atom stereocenters. The number of hydrogen-bond donors (Lipinski definition) is 3. The number of hydrazone groups is 1. The lowest BCUT2D eigenvalue weighted by Gasteiger charge is -2.16. The molecule has 0 fully saturated rings. The van der Waals surface area contributed by atoms with E-state index in [-0.39, 0.29) is 18.1 Å². The quantitative estimate of drug-likeness (QED) is 0.128. The fourth-order valence-corrected chi connectivity index (χ4v) is 4.06. The molecule has 0 heterocycles. The number of alkyl halides is 3. The van der Waals surface area contributed by atoms with E-state index in [2.05, 4.69) is 37.1 Å². The minimum Gasteiger partial charge on any atom is -0.494 e. The van der Waals surface area contributed by atoms with Crippen LogP contribution in [0, 0.1) is 0 Å². The second-order valence-corrected chi connectivity index (χ2v) is 9.52. The number of carbonyl (C=O) groups excluding carboxylic acids is 3. The molecule has 10 nitrogen and oxygen atoms in total. The molecule has 0 aliphatic carbocycles. The largest absolute Gasteiger partial charge is 0.494 e. The Bertz CT molecular complexity index is 1470. The van der Waals surface area contributed by atoms with Crippen LogP contribution in [0.3, 0.4) is 0 Å². The molecule has 3 aromatic rings. The Morgan fingerprint density at radius 1 is 0.930 bits per heavy atom. The molecule has 0 aliphatic rings. The van der Waals surface area contributed by atoms with Gasteiger partial charge in [0.2, 0.25) is 0 Å². The van der Waals surface area contributed by atoms with E-state index in [1.54, 1.807) is 31.2 Å². The van der Waals surface area contributed by atoms with E-state index in [1.807, 2.05) is 6.92 Å². The number of benzene rings is 3. The lowest BCUT2D eigenvalue weighted by molar-refractivity contribution is -0.137. The average Bonchev–Trinajstić information content (AvgIpc) is 2.96. The molecular formula is C29H28BrF3N4O6. The zero-order valence-corrected chi connectivity index (χ0v) is 24.7. The van der Waals surface area contributed by atoms with Gasteiger partial charge in [-0.25, -0.2) is 5.43 Å². The summed E-state index contributed by atoms with van der Waals surface area (Å²) in [6.07, 6.45) is -2.54. The molecule has 0 unspecified atom stereocenters. The fourth-order valence-electron chi connectivity index (χ4n) is 3.49. The summed E-state index contributed by atoms with van der Waals surface area (Å²) >= 11 is 3.32. The van der Waals surface area contributed by atoms with Crippen LogP contribution in [-0.4, -0.2) is 43.8 Å². The average molecular weight is 665 g/mol. The molecule has 14 heteroatoms. The zero-order chi connectivity index (χ0) is 31.4. The van der Waals surface area contributed by atoms with Gasteiger partial charge in [-0.2, -0.15) is 18.3 Å². The lowest BCUT2D eigenvalue weighted by atomic mass is 10.1. The van der Waals surface area contributed by atoms with Crippen molar-refractivity contribution in [2.75, 3.05) is 30.5 Å². The third-order valence-corrected chi connectivity index (χ3v) is 5.95. The molecule has 0 radical (unpaired) electrons. The van der Waals surface area contributed by atoms with Gasteiger partial charge in [-0.1, -0.05) is 19.1 Å². The SMILES string of the molecule is CCCOc1ccc(NC(=O)C(=O)N/N=C\c2cc(Br)c(OCC(=O)Nc3ccccc3C(F)(F)F)c(OCC)c2)cc1. The molecule has 0 aliphatic heterocycles. The van der Waals surface area contributed by atoms with E-state index < -0.39 is 41.8 Å². The van der Waals surface area contributed by atoms with Crippen molar-refractivity contribution in [2.24, 2.45) is 5.10 Å². The molecule has 0 aromatic heterocycles. The summed E-state index contributed by atoms with van der Waals surface area (Å²) in [5.41, 5.74) is 1.56. The highest BCUT2D eigenvalue weighted by molar-refractivity contribution is 9.10. The first kappa shape index (κ1) is 32.9. The first-order valence-electron chi connectivity index (χ1n) is 12.9. The van der Waals surface area contributed by atoms with Crippen LogP contribution in [0.15, 0.2) is 70.2 Å². The maximum atomic E-state index is 13.2. The summed E-state index contributed by atoms with van der Waals surface area (Å²) in [5.74, 6) is -1.82. The van der Waals surface area contributed by atoms with E-state index in [0.29, 0.717) is 28.1 Å². The smallest absolute Gasteiger partial charge is 0.418 e. The highest BCUT2D eigenvalue weighted by Gasteiger charge is 2.33. The Balaban J connectivity index is 1.60. The number of halogens is 4. The van der Waals surface area contributed by atoms with Crippen LogP contribution in [0.5, 0.6) is 17.2 Å². The van der Waals surface area contributed by atoms with Gasteiger partial charge in [-0.15, -0.1) is 0 Å². The molecule has 0 saturated heterocycles. The number of amides is 3. The van der Waals surface area contributed by atoms with Crippen molar-refractivity contribution in [3.05, 3.63) is 76.3 Å². The first-order valence-corrected chi connectivity index (χ1v) is 13.7. The number of nitrogens with one attached hydrogen (secondary N) is 3. The summed E-state index contributed by atoms with van der Waals surface area (Å²) < 4.78 is 56.6. The standard InChI is InChI=1S/C29H28BrF3N4O6/c1-3-13-42-20-11-9-19(10-12-20)35-27(39)28(40)37-34-16-18-14-22(30)26(24(15-18)41-4-2)43-17-25(38)36-23-8-6-5-7-21(23)29(31,32)33/h5-12,14-16H,3-4,13,17H2,1-2H3,(H,35,39)(H,36,38)(H,37,40)/b34-16-. The summed E-state index contributed by atoms with van der Waals surface area (Å²) in [6.45, 7) is 3.86. The Hall–Kier alpha value is -4.59. The Labute approximate surface area is 253 Å². The summed E-state index contributed by atoms with van der Waals surface area (Å²) in [4.78, 5) is 36.8. The van der Waals surface area contributed by atoms with Crippen LogP contribution in [-0.2, 0) is 20.6 Å². The van der Waals surface area contributed by atoms with Gasteiger partial charge in [-0.05, 0) is 83.4 Å². The first-order chi connectivity index (χ1) is 20.5. The molecule has 0 spiro atoms. The molecule has 3 amide bonds. The molecule has 0 bridgehead atoms. The topological polar surface area (TPSA) is 127 Å². The highest BCUT2D eigenvalue weighted by atomic mass is 79.9. The molecule has 0 saturated carbocycles. The number of anilines is 2. The summed E-state index contributed by atoms with van der Waals surface area (Å²) in [6, 6.07) is 14.2. The van der Waals surface area contributed by atoms with Crippen LogP contribution in [0.2, 0.25) is 0 Å². The minimum atomic E-state index is -4.65. The molecule has 43 heavy (non-hydrogen) atoms. The number of nitrogens with zero attached hydrogens (tertiary/aromatic N) is 1. The van der Waals surface area contributed by atoms with Gasteiger partial charge in [-0.3, -0.25) is 14.4 Å². The van der Waals surface area contributed by atoms with E-state index in [4.69, 9.17) is 14.2 Å². The highest BCUT2D eigenvalue weighted by Crippen LogP contribution is 2.37. The maximum absolute atomic E-state index is 13.2. The van der Waals surface area contributed by atoms with E-state index >= 15 is 0 Å². The van der Waals surface area contributed by atoms with Crippen LogP contribution in [0.1, 0.15) is 31.4 Å². The van der Waals surface area contributed by atoms with E-state index in [1.165, 1.54) is 30.5 Å². The van der Waals surface area contributed by atoms with Gasteiger partial charge >= 0.3 is 18.0 Å². The van der Waals surface area contributed by atoms with Gasteiger partial charge in [0, 0.05) is 5.69 Å². The van der Waals surface area contributed by atoms with Crippen molar-refractivity contribution in [3.63, 3.8) is 0 Å². The monoisotopic (exact) mass is 664 g/mol. The summed E-state index contributed by atoms with van der Waals surface area (Å²) in [5, 5.41) is 8.45. The normalized spacial score (nSPS) is 11.1. The molecule has 3 rings (SSSR count). The van der Waals surface area contributed by atoms with Gasteiger partial charge in [0.25, 0.3) is 5.91 Å². The number of hydrogen-bond acceptors (Lipinski definition) is 7. The zero-order valence-electron chi connectivity index (χ0n) is 23.1. The third kappa shape index (κ3) is 10.0. The number of para-hydroxylation sites is 1. The Morgan fingerprint density at radius 2 is 1.65 bits per heavy atom. The van der Waals surface area contributed by atoms with Gasteiger partial charge in [0.05, 0.1) is 35.2 Å². The molecule has 3 N–H and O–H groups in total. The number of rotatable bonds is 12. The van der Waals surface area contributed by atoms with Crippen LogP contribution in [0.4, 0.5) is 24.5 Å². The van der Waals surface area contributed by atoms with Crippen LogP contribution in [0.25, 0.3) is 0 Å². The molecule has 3 aromatic carbocycles. The molecule has 228 valence electrons. The Kier molecular flexibility index (Phi) is 11.9. The van der Waals surface area contributed by atoms with E-state index in [0.717, 1.165) is 18.6 Å². The predicted molar refractivity (Wildman–Crippen MR) is 157 cm³/mol. The van der Waals surface area contributed by atoms with Gasteiger partial charge in [0.15, 0.2) is 18.1 Å². The molecular weight excluding hydrogens is 637 g/mol. The van der Waals surface area contributed by atoms with Crippen LogP contribution >= 0.6 is 15.9 Å². The Morgan fingerprint density at radius 3 is 2.33 bits per heavy atom. The van der Waals surface area contributed by atoms with Crippen molar-refractivity contribution in [1.29, 1.82) is 0 Å². The lowest BCUT2D eigenvalue weighted by Crippen LogP contribution is -2.32. The van der Waals surface area contributed by atoms with Gasteiger partial charge in [0.1, 0.15) is 5.75 Å². The van der Waals surface area contributed by atoms with Crippen LogP contribution < -0.4 is 30.3 Å². The summed E-state index contributed by atoms with van der Waals surface area (Å²) in [7, 11) is 0. The maximum Gasteiger partial charge on any atom is 0.418 e. The number of ether oxygens (including phenoxy) is 3. The van der Waals surface area contributed by atoms with Crippen molar-refractivity contribution >= 4 is 51.2 Å². The van der Waals surface area contributed by atoms with Crippen molar-refractivity contribution in [2.45, 2.75) is 26.4 Å². The number of carbonyl (C=O) groups is 3. The van der Waals surface area contributed by atoms with Crippen molar-refractivity contribution in [1.82, 2.24) is 5.43 Å². The van der Waals surface area contributed by atoms with Gasteiger partial charge < -0.3 is 24.8 Å². The minimum absolute atomic E-state index is 0.118.